The fraction of sp³-hybridized carbons (Fsp3) is 0.478. The van der Waals surface area contributed by atoms with Crippen molar-refractivity contribution in [1.29, 1.82) is 0 Å². The number of aryl methyl sites for hydroxylation is 1. The third-order valence-corrected chi connectivity index (χ3v) is 4.94. The van der Waals surface area contributed by atoms with Gasteiger partial charge in [0.15, 0.2) is 0 Å². The van der Waals surface area contributed by atoms with Crippen LogP contribution in [0.4, 0.5) is 5.69 Å². The Morgan fingerprint density at radius 3 is 2.44 bits per heavy atom. The number of nitrogens with one attached hydrogen (secondary N) is 1. The zero-order valence-corrected chi connectivity index (χ0v) is 17.2. The molecule has 0 saturated heterocycles. The minimum Gasteiger partial charge on any atom is -0.485 e. The van der Waals surface area contributed by atoms with Gasteiger partial charge in [-0.05, 0) is 58.4 Å². The van der Waals surface area contributed by atoms with Crippen molar-refractivity contribution in [3.8, 4) is 5.75 Å². The average Bonchev–Trinajstić information content (AvgIpc) is 2.60. The summed E-state index contributed by atoms with van der Waals surface area (Å²) < 4.78 is 18.3. The van der Waals surface area contributed by atoms with E-state index in [4.69, 9.17) is 14.2 Å². The highest BCUT2D eigenvalue weighted by atomic mass is 16.6. The molecule has 2 atom stereocenters. The molecule has 0 saturated carbocycles. The first-order chi connectivity index (χ1) is 12.8. The topological polar surface area (TPSA) is 39.7 Å². The Bertz CT molecular complexity index is 768. The smallest absolute Gasteiger partial charge is 0.132 e. The van der Waals surface area contributed by atoms with E-state index in [1.54, 1.807) is 7.11 Å². The second kappa shape index (κ2) is 7.91. The summed E-state index contributed by atoms with van der Waals surface area (Å²) in [6.07, 6.45) is -0.256. The maximum Gasteiger partial charge on any atom is 0.132 e. The van der Waals surface area contributed by atoms with Gasteiger partial charge in [-0.15, -0.1) is 0 Å². The Hall–Kier alpha value is -2.04. The van der Waals surface area contributed by atoms with Gasteiger partial charge in [-0.3, -0.25) is 0 Å². The standard InChI is InChI=1S/C23H31NO3/c1-15(2)26-21-19-13-18(24-14-17-9-7-16(3)8-10-17)11-12-20(19)27-23(4,5)22(21)25-6/h7-13,15,21-22,24H,14H2,1-6H3. The molecule has 27 heavy (non-hydrogen) atoms. The Morgan fingerprint density at radius 2 is 1.81 bits per heavy atom. The fourth-order valence-electron chi connectivity index (χ4n) is 3.60. The van der Waals surface area contributed by atoms with E-state index in [0.29, 0.717) is 0 Å². The van der Waals surface area contributed by atoms with Crippen molar-refractivity contribution in [3.63, 3.8) is 0 Å². The molecule has 0 aromatic heterocycles. The largest absolute Gasteiger partial charge is 0.485 e. The molecule has 2 unspecified atom stereocenters. The van der Waals surface area contributed by atoms with Crippen LogP contribution >= 0.6 is 0 Å². The lowest BCUT2D eigenvalue weighted by atomic mass is 9.87. The van der Waals surface area contributed by atoms with Crippen LogP contribution in [0.3, 0.4) is 0 Å². The summed E-state index contributed by atoms with van der Waals surface area (Å²) in [6.45, 7) is 11.1. The zero-order chi connectivity index (χ0) is 19.6. The predicted octanol–water partition coefficient (Wildman–Crippen LogP) is 5.26. The zero-order valence-electron chi connectivity index (χ0n) is 17.2. The Balaban J connectivity index is 1.85. The van der Waals surface area contributed by atoms with Crippen LogP contribution in [0.2, 0.25) is 0 Å². The Labute approximate surface area is 162 Å². The predicted molar refractivity (Wildman–Crippen MR) is 109 cm³/mol. The van der Waals surface area contributed by atoms with Gasteiger partial charge in [0.05, 0.1) is 6.10 Å². The van der Waals surface area contributed by atoms with Crippen molar-refractivity contribution in [2.24, 2.45) is 0 Å². The SMILES string of the molecule is COC1C(OC(C)C)c2cc(NCc3ccc(C)cc3)ccc2OC1(C)C. The molecule has 1 aliphatic heterocycles. The quantitative estimate of drug-likeness (QED) is 0.754. The highest BCUT2D eigenvalue weighted by Gasteiger charge is 2.45. The van der Waals surface area contributed by atoms with Gasteiger partial charge in [0.2, 0.25) is 0 Å². The molecule has 2 aromatic carbocycles. The number of anilines is 1. The van der Waals surface area contributed by atoms with Crippen LogP contribution in [-0.4, -0.2) is 24.9 Å². The van der Waals surface area contributed by atoms with Crippen molar-refractivity contribution in [2.45, 2.75) is 65.1 Å². The highest BCUT2D eigenvalue weighted by Crippen LogP contribution is 2.44. The number of hydrogen-bond acceptors (Lipinski definition) is 4. The molecule has 0 fully saturated rings. The molecular weight excluding hydrogens is 338 g/mol. The van der Waals surface area contributed by atoms with Crippen molar-refractivity contribution in [1.82, 2.24) is 0 Å². The lowest BCUT2D eigenvalue weighted by molar-refractivity contribution is -0.161. The van der Waals surface area contributed by atoms with Crippen LogP contribution in [-0.2, 0) is 16.0 Å². The minimum absolute atomic E-state index is 0.0959. The van der Waals surface area contributed by atoms with Gasteiger partial charge < -0.3 is 19.5 Å². The van der Waals surface area contributed by atoms with E-state index in [9.17, 15) is 0 Å². The van der Waals surface area contributed by atoms with E-state index in [2.05, 4.69) is 48.6 Å². The molecular formula is C23H31NO3. The number of benzene rings is 2. The maximum absolute atomic E-state index is 6.25. The third kappa shape index (κ3) is 4.45. The molecule has 4 nitrogen and oxygen atoms in total. The third-order valence-electron chi connectivity index (χ3n) is 4.94. The molecule has 0 spiro atoms. The summed E-state index contributed by atoms with van der Waals surface area (Å²) in [7, 11) is 1.72. The van der Waals surface area contributed by atoms with E-state index < -0.39 is 5.60 Å². The Kier molecular flexibility index (Phi) is 5.78. The molecule has 2 aromatic rings. The van der Waals surface area contributed by atoms with Crippen LogP contribution in [0.5, 0.6) is 5.75 Å². The molecule has 0 aliphatic carbocycles. The van der Waals surface area contributed by atoms with Crippen LogP contribution in [0.1, 0.15) is 50.5 Å². The number of ether oxygens (including phenoxy) is 3. The van der Waals surface area contributed by atoms with Gasteiger partial charge in [0.25, 0.3) is 0 Å². The second-order valence-electron chi connectivity index (χ2n) is 8.06. The molecule has 4 heteroatoms. The molecule has 1 N–H and O–H groups in total. The van der Waals surface area contributed by atoms with E-state index in [0.717, 1.165) is 23.5 Å². The van der Waals surface area contributed by atoms with Gasteiger partial charge in [-0.2, -0.15) is 0 Å². The summed E-state index contributed by atoms with van der Waals surface area (Å²) in [5.41, 5.74) is 4.14. The van der Waals surface area contributed by atoms with Crippen LogP contribution in [0, 0.1) is 6.92 Å². The first-order valence-corrected chi connectivity index (χ1v) is 9.61. The summed E-state index contributed by atoms with van der Waals surface area (Å²) in [4.78, 5) is 0. The molecule has 0 radical (unpaired) electrons. The molecule has 0 bridgehead atoms. The Morgan fingerprint density at radius 1 is 1.11 bits per heavy atom. The first-order valence-electron chi connectivity index (χ1n) is 9.61. The van der Waals surface area contributed by atoms with Crippen LogP contribution in [0.15, 0.2) is 42.5 Å². The maximum atomic E-state index is 6.25. The van der Waals surface area contributed by atoms with Gasteiger partial charge >= 0.3 is 0 Å². The van der Waals surface area contributed by atoms with E-state index in [-0.39, 0.29) is 18.3 Å². The highest BCUT2D eigenvalue weighted by molar-refractivity contribution is 5.54. The lowest BCUT2D eigenvalue weighted by Crippen LogP contribution is -2.50. The van der Waals surface area contributed by atoms with Crippen LogP contribution in [0.25, 0.3) is 0 Å². The monoisotopic (exact) mass is 369 g/mol. The minimum atomic E-state index is -0.460. The normalized spacial score (nSPS) is 20.9. The number of fused-ring (bicyclic) bond motifs is 1. The van der Waals surface area contributed by atoms with Gasteiger partial charge in [-0.25, -0.2) is 0 Å². The van der Waals surface area contributed by atoms with Crippen molar-refractivity contribution < 1.29 is 14.2 Å². The average molecular weight is 370 g/mol. The molecule has 146 valence electrons. The van der Waals surface area contributed by atoms with Crippen LogP contribution < -0.4 is 10.1 Å². The first kappa shape index (κ1) is 19.7. The summed E-state index contributed by atoms with van der Waals surface area (Å²) >= 11 is 0. The summed E-state index contributed by atoms with van der Waals surface area (Å²) in [5, 5.41) is 3.51. The van der Waals surface area contributed by atoms with Gasteiger partial charge in [-0.1, -0.05) is 29.8 Å². The van der Waals surface area contributed by atoms with Crippen molar-refractivity contribution in [2.75, 3.05) is 12.4 Å². The van der Waals surface area contributed by atoms with Gasteiger partial charge in [0.1, 0.15) is 23.6 Å². The number of rotatable bonds is 6. The number of hydrogen-bond donors (Lipinski definition) is 1. The summed E-state index contributed by atoms with van der Waals surface area (Å²) in [6, 6.07) is 14.8. The van der Waals surface area contributed by atoms with E-state index in [1.165, 1.54) is 11.1 Å². The second-order valence-corrected chi connectivity index (χ2v) is 8.06. The molecule has 1 heterocycles. The van der Waals surface area contributed by atoms with E-state index >= 15 is 0 Å². The molecule has 0 amide bonds. The van der Waals surface area contributed by atoms with Gasteiger partial charge in [0, 0.05) is 24.9 Å². The summed E-state index contributed by atoms with van der Waals surface area (Å²) in [5.74, 6) is 0.861. The molecule has 3 rings (SSSR count). The van der Waals surface area contributed by atoms with E-state index in [1.807, 2.05) is 33.8 Å². The number of methoxy groups -OCH3 is 1. The van der Waals surface area contributed by atoms with Crippen molar-refractivity contribution in [3.05, 3.63) is 59.2 Å². The fourth-order valence-corrected chi connectivity index (χ4v) is 3.60. The lowest BCUT2D eigenvalue weighted by Gasteiger charge is -2.44. The van der Waals surface area contributed by atoms with Crippen molar-refractivity contribution >= 4 is 5.69 Å². The molecule has 1 aliphatic rings.